The van der Waals surface area contributed by atoms with Gasteiger partial charge in [-0.15, -0.1) is 11.8 Å². The summed E-state index contributed by atoms with van der Waals surface area (Å²) in [4.78, 5) is 1.13. The summed E-state index contributed by atoms with van der Waals surface area (Å²) in [5.41, 5.74) is 9.28. The first-order valence-electron chi connectivity index (χ1n) is 6.56. The van der Waals surface area contributed by atoms with Crippen LogP contribution in [0.3, 0.4) is 0 Å². The summed E-state index contributed by atoms with van der Waals surface area (Å²) in [5.74, 6) is 1.84. The molecule has 1 aliphatic heterocycles. The van der Waals surface area contributed by atoms with Gasteiger partial charge in [-0.3, -0.25) is 0 Å². The molecule has 0 amide bonds. The smallest absolute Gasteiger partial charge is 0.123 e. The summed E-state index contributed by atoms with van der Waals surface area (Å²) in [7, 11) is 0. The van der Waals surface area contributed by atoms with E-state index in [2.05, 4.69) is 6.07 Å². The molecule has 0 fully saturated rings. The zero-order valence-corrected chi connectivity index (χ0v) is 12.8. The number of hydrogen-bond acceptors (Lipinski definition) is 3. The quantitative estimate of drug-likeness (QED) is 0.677. The third kappa shape index (κ3) is 2.74. The van der Waals surface area contributed by atoms with Gasteiger partial charge in [-0.25, -0.2) is 0 Å². The molecule has 2 aromatic rings. The SMILES string of the molecule is Cc1cccc(SCC2Cc3cc(Cl)ccc3O2)c1N. The monoisotopic (exact) mass is 305 g/mol. The molecule has 3 rings (SSSR count). The Morgan fingerprint density at radius 1 is 1.35 bits per heavy atom. The van der Waals surface area contributed by atoms with Crippen molar-refractivity contribution in [2.24, 2.45) is 0 Å². The number of fused-ring (bicyclic) bond motifs is 1. The number of halogens is 1. The highest BCUT2D eigenvalue weighted by molar-refractivity contribution is 7.99. The van der Waals surface area contributed by atoms with Crippen molar-refractivity contribution in [3.8, 4) is 5.75 Å². The zero-order chi connectivity index (χ0) is 14.1. The number of ether oxygens (including phenoxy) is 1. The van der Waals surface area contributed by atoms with Crippen molar-refractivity contribution < 1.29 is 4.74 Å². The lowest BCUT2D eigenvalue weighted by molar-refractivity contribution is 0.259. The summed E-state index contributed by atoms with van der Waals surface area (Å²) in [6.45, 7) is 2.03. The van der Waals surface area contributed by atoms with Crippen LogP contribution in [-0.2, 0) is 6.42 Å². The van der Waals surface area contributed by atoms with Crippen molar-refractivity contribution in [2.45, 2.75) is 24.3 Å². The summed E-state index contributed by atoms with van der Waals surface area (Å²) in [5, 5.41) is 0.767. The van der Waals surface area contributed by atoms with E-state index in [1.165, 1.54) is 5.56 Å². The van der Waals surface area contributed by atoms with Crippen molar-refractivity contribution in [1.29, 1.82) is 0 Å². The zero-order valence-electron chi connectivity index (χ0n) is 11.2. The normalized spacial score (nSPS) is 16.8. The molecule has 1 heterocycles. The molecule has 2 nitrogen and oxygen atoms in total. The van der Waals surface area contributed by atoms with Crippen molar-refractivity contribution in [3.63, 3.8) is 0 Å². The van der Waals surface area contributed by atoms with Crippen molar-refractivity contribution in [3.05, 3.63) is 52.5 Å². The van der Waals surface area contributed by atoms with E-state index in [0.717, 1.165) is 39.1 Å². The Kier molecular flexibility index (Phi) is 3.81. The maximum absolute atomic E-state index is 6.09. The number of aryl methyl sites for hydroxylation is 1. The third-order valence-corrected chi connectivity index (χ3v) is 4.91. The molecule has 2 N–H and O–H groups in total. The maximum Gasteiger partial charge on any atom is 0.123 e. The minimum absolute atomic E-state index is 0.188. The summed E-state index contributed by atoms with van der Waals surface area (Å²) in [6, 6.07) is 11.9. The van der Waals surface area contributed by atoms with Crippen LogP contribution in [0.25, 0.3) is 0 Å². The lowest BCUT2D eigenvalue weighted by atomic mass is 10.1. The highest BCUT2D eigenvalue weighted by Crippen LogP contribution is 2.34. The third-order valence-electron chi connectivity index (χ3n) is 3.47. The predicted octanol–water partition coefficient (Wildman–Crippen LogP) is 4.33. The molecular formula is C16H16ClNOS. The highest BCUT2D eigenvalue weighted by atomic mass is 35.5. The Morgan fingerprint density at radius 2 is 2.20 bits per heavy atom. The van der Waals surface area contributed by atoms with Crippen LogP contribution in [0.15, 0.2) is 41.3 Å². The molecule has 0 saturated carbocycles. The fraction of sp³-hybridized carbons (Fsp3) is 0.250. The number of nitrogens with two attached hydrogens (primary N) is 1. The van der Waals surface area contributed by atoms with Gasteiger partial charge < -0.3 is 10.5 Å². The number of nitrogen functional groups attached to an aromatic ring is 1. The van der Waals surface area contributed by atoms with E-state index in [9.17, 15) is 0 Å². The van der Waals surface area contributed by atoms with Crippen LogP contribution in [0.5, 0.6) is 5.75 Å². The molecule has 0 aliphatic carbocycles. The molecule has 0 bridgehead atoms. The Morgan fingerprint density at radius 3 is 3.05 bits per heavy atom. The van der Waals surface area contributed by atoms with Gasteiger partial charge in [0.1, 0.15) is 11.9 Å². The van der Waals surface area contributed by atoms with E-state index in [1.807, 2.05) is 37.3 Å². The van der Waals surface area contributed by atoms with Crippen LogP contribution in [-0.4, -0.2) is 11.9 Å². The Bertz CT molecular complexity index is 644. The molecule has 2 aromatic carbocycles. The van der Waals surface area contributed by atoms with Gasteiger partial charge in [0.25, 0.3) is 0 Å². The van der Waals surface area contributed by atoms with E-state index >= 15 is 0 Å². The van der Waals surface area contributed by atoms with Gasteiger partial charge in [-0.05, 0) is 42.3 Å². The van der Waals surface area contributed by atoms with Gasteiger partial charge in [0.15, 0.2) is 0 Å². The van der Waals surface area contributed by atoms with Crippen LogP contribution in [0.2, 0.25) is 5.02 Å². The lowest BCUT2D eigenvalue weighted by Crippen LogP contribution is -2.15. The summed E-state index contributed by atoms with van der Waals surface area (Å²) >= 11 is 7.76. The van der Waals surface area contributed by atoms with E-state index in [4.69, 9.17) is 22.1 Å². The molecule has 1 aliphatic rings. The van der Waals surface area contributed by atoms with Crippen LogP contribution in [0.1, 0.15) is 11.1 Å². The van der Waals surface area contributed by atoms with Crippen LogP contribution in [0, 0.1) is 6.92 Å². The number of para-hydroxylation sites is 1. The summed E-state index contributed by atoms with van der Waals surface area (Å²) in [6.07, 6.45) is 1.10. The van der Waals surface area contributed by atoms with Crippen molar-refractivity contribution in [2.75, 3.05) is 11.5 Å². The predicted molar refractivity (Wildman–Crippen MR) is 85.9 cm³/mol. The number of anilines is 1. The number of benzene rings is 2. The Hall–Kier alpha value is -1.32. The Labute approximate surface area is 128 Å². The van der Waals surface area contributed by atoms with Gasteiger partial charge in [-0.2, -0.15) is 0 Å². The van der Waals surface area contributed by atoms with Gasteiger partial charge >= 0.3 is 0 Å². The van der Waals surface area contributed by atoms with Crippen LogP contribution in [0.4, 0.5) is 5.69 Å². The Balaban J connectivity index is 1.65. The number of rotatable bonds is 3. The maximum atomic E-state index is 6.09. The van der Waals surface area contributed by atoms with E-state index in [1.54, 1.807) is 11.8 Å². The molecule has 0 saturated heterocycles. The lowest BCUT2D eigenvalue weighted by Gasteiger charge is -2.12. The first kappa shape index (κ1) is 13.7. The van der Waals surface area contributed by atoms with E-state index in [0.29, 0.717) is 0 Å². The number of hydrogen-bond donors (Lipinski definition) is 1. The molecule has 0 radical (unpaired) electrons. The fourth-order valence-corrected chi connectivity index (χ4v) is 3.58. The van der Waals surface area contributed by atoms with Gasteiger partial charge in [-0.1, -0.05) is 23.7 Å². The second kappa shape index (κ2) is 5.58. The molecule has 1 unspecified atom stereocenters. The highest BCUT2D eigenvalue weighted by Gasteiger charge is 2.23. The first-order chi connectivity index (χ1) is 9.63. The topological polar surface area (TPSA) is 35.2 Å². The average molecular weight is 306 g/mol. The minimum Gasteiger partial charge on any atom is -0.489 e. The summed E-state index contributed by atoms with van der Waals surface area (Å²) < 4.78 is 5.93. The van der Waals surface area contributed by atoms with Crippen molar-refractivity contribution in [1.82, 2.24) is 0 Å². The van der Waals surface area contributed by atoms with Crippen LogP contribution < -0.4 is 10.5 Å². The standard InChI is InChI=1S/C16H16ClNOS/c1-10-3-2-4-15(16(10)18)20-9-13-8-11-7-12(17)5-6-14(11)19-13/h2-7,13H,8-9,18H2,1H3. The molecule has 20 heavy (non-hydrogen) atoms. The average Bonchev–Trinajstić information content (AvgIpc) is 2.82. The largest absolute Gasteiger partial charge is 0.489 e. The first-order valence-corrected chi connectivity index (χ1v) is 7.93. The molecule has 0 spiro atoms. The molecule has 4 heteroatoms. The van der Waals surface area contributed by atoms with E-state index in [-0.39, 0.29) is 6.10 Å². The van der Waals surface area contributed by atoms with Gasteiger partial charge in [0, 0.05) is 27.8 Å². The fourth-order valence-electron chi connectivity index (χ4n) is 2.34. The minimum atomic E-state index is 0.188. The molecule has 104 valence electrons. The van der Waals surface area contributed by atoms with Gasteiger partial charge in [0.05, 0.1) is 0 Å². The molecule has 0 aromatic heterocycles. The molecular weight excluding hydrogens is 290 g/mol. The van der Waals surface area contributed by atoms with Crippen molar-refractivity contribution >= 4 is 29.1 Å². The van der Waals surface area contributed by atoms with E-state index < -0.39 is 0 Å². The van der Waals surface area contributed by atoms with Crippen LogP contribution >= 0.6 is 23.4 Å². The molecule has 1 atom stereocenters. The van der Waals surface area contributed by atoms with Gasteiger partial charge in [0.2, 0.25) is 0 Å². The number of thioether (sulfide) groups is 1. The second-order valence-electron chi connectivity index (χ2n) is 4.99. The second-order valence-corrected chi connectivity index (χ2v) is 6.49.